The average molecular weight is 146 g/mol. The van der Waals surface area contributed by atoms with Crippen LogP contribution >= 0.6 is 0 Å². The number of nitrogens with one attached hydrogen (secondary N) is 1. The Bertz CT molecular complexity index is 146. The molecule has 0 unspecified atom stereocenters. The van der Waals surface area contributed by atoms with E-state index >= 15 is 0 Å². The van der Waals surface area contributed by atoms with Gasteiger partial charge in [-0.15, -0.1) is 0 Å². The lowest BCUT2D eigenvalue weighted by molar-refractivity contribution is -0.133. The molecule has 4 N–H and O–H groups in total. The van der Waals surface area contributed by atoms with E-state index in [-0.39, 0.29) is 6.42 Å². The number of likely N-dealkylation sites (N-methyl/N-ethyl adjacent to an activating group) is 1. The van der Waals surface area contributed by atoms with E-state index in [1.54, 1.807) is 0 Å². The first kappa shape index (κ1) is 8.90. The number of nitrogens with two attached hydrogens (primary N) is 1. The number of carbonyl (C=O) groups excluding carboxylic acids is 2. The molecule has 10 heavy (non-hydrogen) atoms. The van der Waals surface area contributed by atoms with Gasteiger partial charge >= 0.3 is 0 Å². The number of rotatable bonds is 3. The molecule has 0 aromatic carbocycles. The number of amides is 2. The molecule has 0 aliphatic carbocycles. The minimum atomic E-state index is -1.32. The molecule has 0 bridgehead atoms. The van der Waals surface area contributed by atoms with Crippen molar-refractivity contribution in [1.82, 2.24) is 5.32 Å². The molecule has 0 saturated heterocycles. The number of aliphatic hydroxyl groups is 1. The van der Waals surface area contributed by atoms with E-state index in [1.165, 1.54) is 7.05 Å². The van der Waals surface area contributed by atoms with Gasteiger partial charge in [0.15, 0.2) is 0 Å². The molecule has 0 heterocycles. The van der Waals surface area contributed by atoms with Gasteiger partial charge in [0, 0.05) is 7.05 Å². The molecule has 58 valence electrons. The topological polar surface area (TPSA) is 92.4 Å². The fourth-order valence-corrected chi connectivity index (χ4v) is 0.450. The molecule has 2 amide bonds. The smallest absolute Gasteiger partial charge is 0.249 e. The van der Waals surface area contributed by atoms with Gasteiger partial charge in [0.2, 0.25) is 11.8 Å². The Kier molecular flexibility index (Phi) is 3.42. The lowest BCUT2D eigenvalue weighted by atomic mass is 10.2. The molecule has 0 aromatic heterocycles. The summed E-state index contributed by atoms with van der Waals surface area (Å²) in [5, 5.41) is 10.9. The van der Waals surface area contributed by atoms with E-state index in [2.05, 4.69) is 5.32 Å². The first-order valence-electron chi connectivity index (χ1n) is 2.76. The van der Waals surface area contributed by atoms with Gasteiger partial charge in [-0.2, -0.15) is 0 Å². The second kappa shape index (κ2) is 3.84. The van der Waals surface area contributed by atoms with E-state index < -0.39 is 17.9 Å². The minimum absolute atomic E-state index is 0.334. The maximum Gasteiger partial charge on any atom is 0.249 e. The highest BCUT2D eigenvalue weighted by Gasteiger charge is 2.14. The van der Waals surface area contributed by atoms with Crippen molar-refractivity contribution >= 4 is 11.8 Å². The highest BCUT2D eigenvalue weighted by atomic mass is 16.3. The molecule has 5 heteroatoms. The van der Waals surface area contributed by atoms with Crippen LogP contribution in [0, 0.1) is 0 Å². The first-order valence-corrected chi connectivity index (χ1v) is 2.76. The summed E-state index contributed by atoms with van der Waals surface area (Å²) >= 11 is 0. The summed E-state index contributed by atoms with van der Waals surface area (Å²) in [6.45, 7) is 0. The lowest BCUT2D eigenvalue weighted by Crippen LogP contribution is -2.34. The third kappa shape index (κ3) is 3.03. The zero-order valence-corrected chi connectivity index (χ0v) is 5.63. The predicted octanol–water partition coefficient (Wildman–Crippen LogP) is -2.03. The average Bonchev–Trinajstić information content (AvgIpc) is 1.85. The monoisotopic (exact) mass is 146 g/mol. The Balaban J connectivity index is 3.72. The molecule has 5 nitrogen and oxygen atoms in total. The third-order valence-electron chi connectivity index (χ3n) is 0.944. The van der Waals surface area contributed by atoms with Crippen molar-refractivity contribution in [2.75, 3.05) is 7.05 Å². The second-order valence-electron chi connectivity index (χ2n) is 1.80. The summed E-state index contributed by atoms with van der Waals surface area (Å²) in [7, 11) is 1.37. The van der Waals surface area contributed by atoms with Crippen LogP contribution in [0.4, 0.5) is 0 Å². The van der Waals surface area contributed by atoms with Crippen molar-refractivity contribution in [3.63, 3.8) is 0 Å². The van der Waals surface area contributed by atoms with Crippen molar-refractivity contribution in [3.05, 3.63) is 0 Å². The van der Waals surface area contributed by atoms with Gasteiger partial charge in [0.05, 0.1) is 6.42 Å². The van der Waals surface area contributed by atoms with Crippen molar-refractivity contribution in [3.8, 4) is 0 Å². The predicted molar refractivity (Wildman–Crippen MR) is 33.9 cm³/mol. The molecular weight excluding hydrogens is 136 g/mol. The van der Waals surface area contributed by atoms with Crippen LogP contribution in [0.25, 0.3) is 0 Å². The Morgan fingerprint density at radius 3 is 2.50 bits per heavy atom. The standard InChI is InChI=1S/C5H10N2O3/c1-7-5(10)3(8)2-4(6)9/h3,8H,2H2,1H3,(H2,6,9)(H,7,10)/t3-/m1/s1. The summed E-state index contributed by atoms with van der Waals surface area (Å²) < 4.78 is 0. The third-order valence-corrected chi connectivity index (χ3v) is 0.944. The largest absolute Gasteiger partial charge is 0.383 e. The molecule has 0 spiro atoms. The Labute approximate surface area is 58.2 Å². The van der Waals surface area contributed by atoms with Gasteiger partial charge in [-0.25, -0.2) is 0 Å². The summed E-state index contributed by atoms with van der Waals surface area (Å²) in [6, 6.07) is 0. The van der Waals surface area contributed by atoms with Gasteiger partial charge in [0.25, 0.3) is 0 Å². The van der Waals surface area contributed by atoms with Gasteiger partial charge in [-0.05, 0) is 0 Å². The van der Waals surface area contributed by atoms with E-state index in [4.69, 9.17) is 10.8 Å². The number of primary amides is 1. The van der Waals surface area contributed by atoms with E-state index in [9.17, 15) is 9.59 Å². The van der Waals surface area contributed by atoms with Crippen LogP contribution < -0.4 is 11.1 Å². The summed E-state index contributed by atoms with van der Waals surface area (Å²) in [4.78, 5) is 20.6. The molecular formula is C5H10N2O3. The van der Waals surface area contributed by atoms with E-state index in [1.807, 2.05) is 0 Å². The fourth-order valence-electron chi connectivity index (χ4n) is 0.450. The van der Waals surface area contributed by atoms with Crippen LogP contribution in [0.15, 0.2) is 0 Å². The molecule has 0 aliphatic heterocycles. The van der Waals surface area contributed by atoms with Gasteiger partial charge in [-0.3, -0.25) is 9.59 Å². The van der Waals surface area contributed by atoms with Crippen molar-refractivity contribution < 1.29 is 14.7 Å². The van der Waals surface area contributed by atoms with Crippen LogP contribution in [0.5, 0.6) is 0 Å². The maximum absolute atomic E-state index is 10.5. The van der Waals surface area contributed by atoms with Crippen LogP contribution in [-0.2, 0) is 9.59 Å². The molecule has 0 radical (unpaired) electrons. The van der Waals surface area contributed by atoms with Crippen LogP contribution in [-0.4, -0.2) is 30.1 Å². The number of carbonyl (C=O) groups is 2. The Morgan fingerprint density at radius 1 is 1.70 bits per heavy atom. The van der Waals surface area contributed by atoms with Crippen molar-refractivity contribution in [1.29, 1.82) is 0 Å². The Morgan fingerprint density at radius 2 is 2.20 bits per heavy atom. The molecule has 0 fully saturated rings. The van der Waals surface area contributed by atoms with Gasteiger partial charge in [-0.1, -0.05) is 0 Å². The quantitative estimate of drug-likeness (QED) is 0.428. The van der Waals surface area contributed by atoms with Crippen molar-refractivity contribution in [2.24, 2.45) is 5.73 Å². The zero-order valence-electron chi connectivity index (χ0n) is 5.63. The lowest BCUT2D eigenvalue weighted by Gasteiger charge is -2.04. The number of aliphatic hydroxyl groups excluding tert-OH is 1. The van der Waals surface area contributed by atoms with Crippen molar-refractivity contribution in [2.45, 2.75) is 12.5 Å². The SMILES string of the molecule is CNC(=O)[C@H](O)CC(N)=O. The molecule has 0 rings (SSSR count). The molecule has 1 atom stereocenters. The van der Waals surface area contributed by atoms with Gasteiger partial charge < -0.3 is 16.2 Å². The fraction of sp³-hybridized carbons (Fsp3) is 0.600. The highest BCUT2D eigenvalue weighted by molar-refractivity contribution is 5.86. The second-order valence-corrected chi connectivity index (χ2v) is 1.80. The van der Waals surface area contributed by atoms with Crippen LogP contribution in [0.3, 0.4) is 0 Å². The summed E-state index contributed by atoms with van der Waals surface area (Å²) in [5.41, 5.74) is 4.71. The molecule has 0 aromatic rings. The number of hydrogen-bond donors (Lipinski definition) is 3. The minimum Gasteiger partial charge on any atom is -0.383 e. The first-order chi connectivity index (χ1) is 4.57. The highest BCUT2D eigenvalue weighted by Crippen LogP contribution is 1.88. The van der Waals surface area contributed by atoms with E-state index in [0.717, 1.165) is 0 Å². The van der Waals surface area contributed by atoms with Crippen LogP contribution in [0.1, 0.15) is 6.42 Å². The summed E-state index contributed by atoms with van der Waals surface area (Å²) in [5.74, 6) is -1.30. The number of hydrogen-bond acceptors (Lipinski definition) is 3. The maximum atomic E-state index is 10.5. The zero-order chi connectivity index (χ0) is 8.15. The van der Waals surface area contributed by atoms with Crippen LogP contribution in [0.2, 0.25) is 0 Å². The molecule has 0 aliphatic rings. The van der Waals surface area contributed by atoms with E-state index in [0.29, 0.717) is 0 Å². The Hall–Kier alpha value is -1.10. The summed E-state index contributed by atoms with van der Waals surface area (Å²) in [6.07, 6.45) is -1.65. The van der Waals surface area contributed by atoms with Gasteiger partial charge in [0.1, 0.15) is 6.10 Å². The normalized spacial score (nSPS) is 12.2. The molecule has 0 saturated carbocycles.